The summed E-state index contributed by atoms with van der Waals surface area (Å²) in [6, 6.07) is 0. The number of carbonyl (C=O) groups excluding carboxylic acids is 1. The summed E-state index contributed by atoms with van der Waals surface area (Å²) in [6.07, 6.45) is 3.31. The van der Waals surface area contributed by atoms with E-state index in [0.29, 0.717) is 13.2 Å². The number of ether oxygens (including phenoxy) is 2. The van der Waals surface area contributed by atoms with Gasteiger partial charge in [0.2, 0.25) is 0 Å². The van der Waals surface area contributed by atoms with Gasteiger partial charge >= 0.3 is 6.09 Å². The first-order valence-corrected chi connectivity index (χ1v) is 5.23. The molecule has 1 aliphatic rings. The van der Waals surface area contributed by atoms with Gasteiger partial charge in [-0.3, -0.25) is 0 Å². The molecule has 4 nitrogen and oxygen atoms in total. The van der Waals surface area contributed by atoms with Gasteiger partial charge in [0, 0.05) is 20.2 Å². The van der Waals surface area contributed by atoms with Crippen molar-refractivity contribution >= 4 is 6.09 Å². The molecule has 1 aliphatic heterocycles. The Labute approximate surface area is 85.2 Å². The van der Waals surface area contributed by atoms with Crippen molar-refractivity contribution in [2.75, 3.05) is 26.8 Å². The maximum atomic E-state index is 11.3. The number of likely N-dealkylation sites (N-methyl/N-ethyl adjacent to an activating group) is 1. The first kappa shape index (κ1) is 11.3. The summed E-state index contributed by atoms with van der Waals surface area (Å²) in [5, 5.41) is 0. The second kappa shape index (κ2) is 5.86. The highest BCUT2D eigenvalue weighted by Gasteiger charge is 2.18. The Morgan fingerprint density at radius 3 is 2.93 bits per heavy atom. The van der Waals surface area contributed by atoms with Crippen LogP contribution in [0.15, 0.2) is 0 Å². The van der Waals surface area contributed by atoms with Crippen LogP contribution in [0.25, 0.3) is 0 Å². The molecule has 14 heavy (non-hydrogen) atoms. The normalized spacial score (nSPS) is 21.7. The Hall–Kier alpha value is -0.770. The zero-order chi connectivity index (χ0) is 10.4. The maximum Gasteiger partial charge on any atom is 0.409 e. The lowest BCUT2D eigenvalue weighted by Crippen LogP contribution is -2.37. The van der Waals surface area contributed by atoms with Crippen molar-refractivity contribution in [1.29, 1.82) is 0 Å². The van der Waals surface area contributed by atoms with Crippen LogP contribution in [0.4, 0.5) is 4.79 Å². The summed E-state index contributed by atoms with van der Waals surface area (Å²) in [7, 11) is 1.75. The van der Waals surface area contributed by atoms with Crippen molar-refractivity contribution in [2.45, 2.75) is 32.3 Å². The SMILES string of the molecule is CCOC(=O)N(C)CC1CCCCO1. The molecule has 0 aromatic carbocycles. The van der Waals surface area contributed by atoms with Crippen LogP contribution >= 0.6 is 0 Å². The number of amides is 1. The Morgan fingerprint density at radius 2 is 2.36 bits per heavy atom. The highest BCUT2D eigenvalue weighted by molar-refractivity contribution is 5.67. The molecule has 1 amide bonds. The van der Waals surface area contributed by atoms with Crippen LogP contribution in [-0.4, -0.2) is 43.9 Å². The molecule has 0 aliphatic carbocycles. The molecule has 1 rings (SSSR count). The highest BCUT2D eigenvalue weighted by Crippen LogP contribution is 2.13. The van der Waals surface area contributed by atoms with Crippen LogP contribution in [-0.2, 0) is 9.47 Å². The van der Waals surface area contributed by atoms with Crippen molar-refractivity contribution < 1.29 is 14.3 Å². The van der Waals surface area contributed by atoms with Crippen molar-refractivity contribution in [1.82, 2.24) is 4.90 Å². The number of rotatable bonds is 3. The smallest absolute Gasteiger partial charge is 0.409 e. The van der Waals surface area contributed by atoms with Crippen molar-refractivity contribution in [3.8, 4) is 0 Å². The van der Waals surface area contributed by atoms with E-state index in [1.807, 2.05) is 6.92 Å². The molecule has 0 aromatic rings. The van der Waals surface area contributed by atoms with E-state index in [2.05, 4.69) is 0 Å². The van der Waals surface area contributed by atoms with Crippen LogP contribution < -0.4 is 0 Å². The Balaban J connectivity index is 2.24. The third kappa shape index (κ3) is 3.54. The highest BCUT2D eigenvalue weighted by atomic mass is 16.6. The Morgan fingerprint density at radius 1 is 1.57 bits per heavy atom. The number of hydrogen-bond acceptors (Lipinski definition) is 3. The van der Waals surface area contributed by atoms with E-state index in [9.17, 15) is 4.79 Å². The van der Waals surface area contributed by atoms with E-state index in [1.165, 1.54) is 6.42 Å². The molecular weight excluding hydrogens is 182 g/mol. The second-order valence-electron chi connectivity index (χ2n) is 3.57. The van der Waals surface area contributed by atoms with Gasteiger partial charge < -0.3 is 14.4 Å². The van der Waals surface area contributed by atoms with Crippen LogP contribution in [0.2, 0.25) is 0 Å². The summed E-state index contributed by atoms with van der Waals surface area (Å²) >= 11 is 0. The van der Waals surface area contributed by atoms with Gasteiger partial charge in [0.05, 0.1) is 12.7 Å². The van der Waals surface area contributed by atoms with Gasteiger partial charge in [0.15, 0.2) is 0 Å². The van der Waals surface area contributed by atoms with E-state index < -0.39 is 0 Å². The van der Waals surface area contributed by atoms with Crippen LogP contribution in [0.5, 0.6) is 0 Å². The lowest BCUT2D eigenvalue weighted by molar-refractivity contribution is -0.00208. The molecule has 4 heteroatoms. The minimum atomic E-state index is -0.262. The minimum Gasteiger partial charge on any atom is -0.450 e. The van der Waals surface area contributed by atoms with E-state index in [0.717, 1.165) is 19.4 Å². The molecule has 0 aromatic heterocycles. The third-order valence-electron chi connectivity index (χ3n) is 2.33. The largest absolute Gasteiger partial charge is 0.450 e. The van der Waals surface area contributed by atoms with Gasteiger partial charge in [-0.1, -0.05) is 0 Å². The van der Waals surface area contributed by atoms with Gasteiger partial charge in [0.25, 0.3) is 0 Å². The van der Waals surface area contributed by atoms with E-state index in [1.54, 1.807) is 11.9 Å². The second-order valence-corrected chi connectivity index (χ2v) is 3.57. The topological polar surface area (TPSA) is 38.8 Å². The average Bonchev–Trinajstić information content (AvgIpc) is 2.19. The summed E-state index contributed by atoms with van der Waals surface area (Å²) in [5.74, 6) is 0. The van der Waals surface area contributed by atoms with Gasteiger partial charge in [0.1, 0.15) is 0 Å². The van der Waals surface area contributed by atoms with Gasteiger partial charge in [-0.25, -0.2) is 4.79 Å². The molecule has 1 heterocycles. The average molecular weight is 201 g/mol. The summed E-state index contributed by atoms with van der Waals surface area (Å²) in [6.45, 7) is 3.69. The molecular formula is C10H19NO3. The molecule has 1 fully saturated rings. The Bertz CT molecular complexity index is 178. The quantitative estimate of drug-likeness (QED) is 0.696. The Kier molecular flexibility index (Phi) is 4.73. The van der Waals surface area contributed by atoms with Crippen LogP contribution in [0, 0.1) is 0 Å². The molecule has 1 saturated heterocycles. The predicted octanol–water partition coefficient (Wildman–Crippen LogP) is 1.64. The standard InChI is InChI=1S/C10H19NO3/c1-3-13-10(12)11(2)8-9-6-4-5-7-14-9/h9H,3-8H2,1-2H3. The monoisotopic (exact) mass is 201 g/mol. The fourth-order valence-corrected chi connectivity index (χ4v) is 1.57. The van der Waals surface area contributed by atoms with Gasteiger partial charge in [-0.05, 0) is 26.2 Å². The molecule has 0 spiro atoms. The fraction of sp³-hybridized carbons (Fsp3) is 0.900. The zero-order valence-corrected chi connectivity index (χ0v) is 8.99. The lowest BCUT2D eigenvalue weighted by atomic mass is 10.1. The van der Waals surface area contributed by atoms with E-state index in [-0.39, 0.29) is 12.2 Å². The number of carbonyl (C=O) groups is 1. The first-order valence-electron chi connectivity index (χ1n) is 5.23. The summed E-state index contributed by atoms with van der Waals surface area (Å²) in [4.78, 5) is 12.8. The van der Waals surface area contributed by atoms with Crippen molar-refractivity contribution in [2.24, 2.45) is 0 Å². The van der Waals surface area contributed by atoms with E-state index in [4.69, 9.17) is 9.47 Å². The number of nitrogens with zero attached hydrogens (tertiary/aromatic N) is 1. The van der Waals surface area contributed by atoms with Crippen LogP contribution in [0.1, 0.15) is 26.2 Å². The minimum absolute atomic E-state index is 0.193. The fourth-order valence-electron chi connectivity index (χ4n) is 1.57. The molecule has 1 atom stereocenters. The van der Waals surface area contributed by atoms with Crippen molar-refractivity contribution in [3.05, 3.63) is 0 Å². The molecule has 0 radical (unpaired) electrons. The lowest BCUT2D eigenvalue weighted by Gasteiger charge is -2.26. The molecule has 0 saturated carbocycles. The van der Waals surface area contributed by atoms with E-state index >= 15 is 0 Å². The van der Waals surface area contributed by atoms with Gasteiger partial charge in [-0.2, -0.15) is 0 Å². The first-order chi connectivity index (χ1) is 6.74. The molecule has 82 valence electrons. The molecule has 0 N–H and O–H groups in total. The summed E-state index contributed by atoms with van der Waals surface area (Å²) in [5.41, 5.74) is 0. The zero-order valence-electron chi connectivity index (χ0n) is 8.99. The van der Waals surface area contributed by atoms with Crippen molar-refractivity contribution in [3.63, 3.8) is 0 Å². The van der Waals surface area contributed by atoms with Gasteiger partial charge in [-0.15, -0.1) is 0 Å². The maximum absolute atomic E-state index is 11.3. The third-order valence-corrected chi connectivity index (χ3v) is 2.33. The summed E-state index contributed by atoms with van der Waals surface area (Å²) < 4.78 is 10.4. The molecule has 0 bridgehead atoms. The molecule has 1 unspecified atom stereocenters. The predicted molar refractivity (Wildman–Crippen MR) is 53.2 cm³/mol. The van der Waals surface area contributed by atoms with Crippen LogP contribution in [0.3, 0.4) is 0 Å². The number of hydrogen-bond donors (Lipinski definition) is 0.